The maximum Gasteiger partial charge on any atom is 0.408 e. The van der Waals surface area contributed by atoms with E-state index in [0.717, 1.165) is 0 Å². The van der Waals surface area contributed by atoms with Gasteiger partial charge in [0.15, 0.2) is 5.60 Å². The van der Waals surface area contributed by atoms with Crippen molar-refractivity contribution in [3.05, 3.63) is 172 Å². The molecule has 5 aromatic rings. The minimum Gasteiger partial charge on any atom is -0.488 e. The van der Waals surface area contributed by atoms with Crippen molar-refractivity contribution in [2.75, 3.05) is 12.4 Å². The summed E-state index contributed by atoms with van der Waals surface area (Å²) < 4.78 is 30.5. The molecular weight excluding hydrogens is 1330 g/mol. The van der Waals surface area contributed by atoms with Crippen molar-refractivity contribution in [1.82, 2.24) is 37.2 Å². The van der Waals surface area contributed by atoms with E-state index in [4.69, 9.17) is 35.3 Å². The number of benzene rings is 5. The molecule has 0 saturated carbocycles. The Morgan fingerprint density at radius 3 is 1.41 bits per heavy atom. The summed E-state index contributed by atoms with van der Waals surface area (Å²) in [4.78, 5) is 118. The first-order valence-corrected chi connectivity index (χ1v) is 36.6. The smallest absolute Gasteiger partial charge is 0.408 e. The van der Waals surface area contributed by atoms with Crippen molar-refractivity contribution in [1.29, 1.82) is 0 Å². The Morgan fingerprint density at radius 1 is 0.450 bits per heavy atom. The minimum absolute atomic E-state index is 0.0234. The first kappa shape index (κ1) is 83.0. The van der Waals surface area contributed by atoms with Gasteiger partial charge in [-0.2, -0.15) is 0 Å². The minimum atomic E-state index is -1.53. The zero-order valence-corrected chi connectivity index (χ0v) is 63.9. The lowest BCUT2D eigenvalue weighted by Gasteiger charge is -2.37. The van der Waals surface area contributed by atoms with E-state index in [9.17, 15) is 24.0 Å². The van der Waals surface area contributed by atoms with E-state index in [1.165, 1.54) is 28.5 Å². The fourth-order valence-corrected chi connectivity index (χ4v) is 12.9. The molecule has 20 nitrogen and oxygen atoms in total. The molecule has 0 bridgehead atoms. The molecule has 0 aliphatic carbocycles. The van der Waals surface area contributed by atoms with Gasteiger partial charge in [0.1, 0.15) is 59.2 Å². The lowest BCUT2D eigenvalue weighted by atomic mass is 9.80. The molecule has 0 fully saturated rings. The summed E-state index contributed by atoms with van der Waals surface area (Å²) in [6.45, 7) is 33.7. The van der Waals surface area contributed by atoms with Crippen LogP contribution in [0.2, 0.25) is 5.02 Å². The van der Waals surface area contributed by atoms with Crippen LogP contribution in [0.4, 0.5) is 4.79 Å². The van der Waals surface area contributed by atoms with Crippen LogP contribution in [0.1, 0.15) is 166 Å². The molecular formula is C77H106ClN7O13S2. The number of rotatable bonds is 32. The molecule has 0 aromatic heterocycles. The fraction of sp³-hybridized carbons (Fsp3) is 0.506. The lowest BCUT2D eigenvalue weighted by Crippen LogP contribution is -2.63. The number of esters is 1. The molecule has 23 heteroatoms. The number of hydrogen-bond acceptors (Lipinski definition) is 15. The van der Waals surface area contributed by atoms with Crippen LogP contribution in [0.25, 0.3) is 0 Å². The Labute approximate surface area is 604 Å². The summed E-state index contributed by atoms with van der Waals surface area (Å²) in [6, 6.07) is 32.1. The SMILES string of the molecule is CC[C@H](C)[C@H](NC(=O)[C@H](Cc1ccccc1)NC(=O)[C@H](C)NC(=O)[C@H](CSSC(C)(C)C)NC(=O)[C@@H](NC(=O)[C@H](COC(C)(C)C)NC(=O)[C@H](Cc1ccc(OC(C)(C)C)cc1)NC(=O)OC(C)(C)C)[C@@H](C)OC(C)(C)C)C(=O)OC(c1ccccc1)(c1ccccc1)c1ccc(Cl)cc1. The van der Waals surface area contributed by atoms with Crippen molar-refractivity contribution >= 4 is 80.7 Å². The standard InChI is InChI=1S/C77H106ClN7O13S2/c1-20-48(2)62(70(92)97-77(53-32-26-22-27-33-53,54-34-28-23-29-35-54)55-38-40-56(78)41-39-55)84-66(88)58(44-51-30-24-21-25-31-51)80-64(86)49(3)79-68(90)61(47-99-100-76(17,18)19)82-69(91)63(50(4)95-73(8,9)10)85-67(89)60(46-94-72(5,6)7)81-65(87)59(83-71(93)98-75(14,15)16)45-52-36-42-57(43-37-52)96-74(11,12)13/h21-43,48-50,58-63H,20,44-47H2,1-19H3,(H,79,90)(H,80,86)(H,81,87)(H,82,91)(H,83,93)(H,84,88)(H,85,89)/t48-,49-,50+,58-,59-,60-,61-,62-,63-/m0/s1. The number of amides is 7. The molecule has 0 saturated heterocycles. The van der Waals surface area contributed by atoms with E-state index in [2.05, 4.69) is 37.2 Å². The highest BCUT2D eigenvalue weighted by molar-refractivity contribution is 8.77. The Morgan fingerprint density at radius 2 is 0.910 bits per heavy atom. The van der Waals surface area contributed by atoms with Crippen LogP contribution >= 0.6 is 33.2 Å². The molecule has 0 radical (unpaired) electrons. The Kier molecular flexibility index (Phi) is 30.6. The van der Waals surface area contributed by atoms with Crippen molar-refractivity contribution in [3.63, 3.8) is 0 Å². The Hall–Kier alpha value is -7.63. The highest BCUT2D eigenvalue weighted by Gasteiger charge is 2.44. The van der Waals surface area contributed by atoms with Crippen LogP contribution in [-0.4, -0.2) is 135 Å². The molecule has 7 amide bonds. The van der Waals surface area contributed by atoms with Gasteiger partial charge < -0.3 is 60.9 Å². The molecule has 5 rings (SSSR count). The number of ether oxygens (including phenoxy) is 5. The van der Waals surface area contributed by atoms with Crippen LogP contribution in [0.5, 0.6) is 5.75 Å². The van der Waals surface area contributed by atoms with Crippen molar-refractivity contribution in [3.8, 4) is 5.75 Å². The number of hydrogen-bond donors (Lipinski definition) is 7. The van der Waals surface area contributed by atoms with E-state index in [-0.39, 0.29) is 29.9 Å². The van der Waals surface area contributed by atoms with E-state index in [0.29, 0.717) is 45.0 Å². The monoisotopic (exact) mass is 1440 g/mol. The van der Waals surface area contributed by atoms with Gasteiger partial charge in [0.2, 0.25) is 35.4 Å². The highest BCUT2D eigenvalue weighted by atomic mass is 35.5. The molecule has 7 N–H and O–H groups in total. The normalized spacial score (nSPS) is 14.9. The molecule has 0 unspecified atom stereocenters. The average molecular weight is 1440 g/mol. The number of alkyl carbamates (subject to hydrolysis) is 1. The first-order chi connectivity index (χ1) is 46.5. The molecule has 0 aliphatic rings. The van der Waals surface area contributed by atoms with Crippen LogP contribution in [0.15, 0.2) is 140 Å². The van der Waals surface area contributed by atoms with E-state index in [1.807, 2.05) is 122 Å². The Balaban J connectivity index is 1.45. The van der Waals surface area contributed by atoms with Gasteiger partial charge in [-0.25, -0.2) is 9.59 Å². The van der Waals surface area contributed by atoms with E-state index in [1.54, 1.807) is 142 Å². The van der Waals surface area contributed by atoms with Crippen LogP contribution in [0.3, 0.4) is 0 Å². The van der Waals surface area contributed by atoms with Gasteiger partial charge in [-0.3, -0.25) is 28.8 Å². The van der Waals surface area contributed by atoms with Crippen LogP contribution in [0, 0.1) is 5.92 Å². The maximum atomic E-state index is 15.2. The summed E-state index contributed by atoms with van der Waals surface area (Å²) in [5, 5.41) is 20.1. The third-order valence-corrected chi connectivity index (χ3v) is 18.8. The second-order valence-corrected chi connectivity index (χ2v) is 33.5. The molecule has 546 valence electrons. The number of carbonyl (C=O) groups is 8. The molecule has 0 aliphatic heterocycles. The predicted octanol–water partition coefficient (Wildman–Crippen LogP) is 11.9. The van der Waals surface area contributed by atoms with Crippen molar-refractivity contribution in [2.45, 2.75) is 232 Å². The van der Waals surface area contributed by atoms with Gasteiger partial charge in [-0.15, -0.1) is 0 Å². The Bertz CT molecular complexity index is 3440. The van der Waals surface area contributed by atoms with E-state index < -0.39 is 130 Å². The molecule has 100 heavy (non-hydrogen) atoms. The lowest BCUT2D eigenvalue weighted by molar-refractivity contribution is -0.159. The van der Waals surface area contributed by atoms with Gasteiger partial charge in [0.05, 0.1) is 23.9 Å². The summed E-state index contributed by atoms with van der Waals surface area (Å²) in [6.07, 6.45) is -1.57. The van der Waals surface area contributed by atoms with Crippen molar-refractivity contribution < 1.29 is 62.0 Å². The summed E-state index contributed by atoms with van der Waals surface area (Å²) in [7, 11) is 2.75. The molecule has 9 atom stereocenters. The molecule has 0 spiro atoms. The van der Waals surface area contributed by atoms with Crippen LogP contribution in [-0.2, 0) is 71.0 Å². The quantitative estimate of drug-likeness (QED) is 0.0120. The van der Waals surface area contributed by atoms with Crippen LogP contribution < -0.4 is 42.0 Å². The van der Waals surface area contributed by atoms with Gasteiger partial charge in [0, 0.05) is 45.1 Å². The topological polar surface area (TPSA) is 267 Å². The predicted molar refractivity (Wildman–Crippen MR) is 397 cm³/mol. The zero-order valence-electron chi connectivity index (χ0n) is 61.5. The summed E-state index contributed by atoms with van der Waals surface area (Å²) in [5.41, 5.74) is -1.42. The maximum absolute atomic E-state index is 15.2. The zero-order chi connectivity index (χ0) is 74.6. The molecule has 5 aromatic carbocycles. The molecule has 0 heterocycles. The van der Waals surface area contributed by atoms with Gasteiger partial charge >= 0.3 is 12.1 Å². The average Bonchev–Trinajstić information content (AvgIpc) is 0.750. The second-order valence-electron chi connectivity index (χ2n) is 29.9. The van der Waals surface area contributed by atoms with Gasteiger partial charge in [0.25, 0.3) is 0 Å². The highest BCUT2D eigenvalue weighted by Crippen LogP contribution is 2.42. The van der Waals surface area contributed by atoms with E-state index >= 15 is 14.4 Å². The van der Waals surface area contributed by atoms with Crippen molar-refractivity contribution in [2.24, 2.45) is 5.92 Å². The number of carbonyl (C=O) groups excluding carboxylic acids is 8. The fourth-order valence-electron chi connectivity index (χ4n) is 10.3. The first-order valence-electron chi connectivity index (χ1n) is 33.9. The van der Waals surface area contributed by atoms with Gasteiger partial charge in [-0.1, -0.05) is 189 Å². The second kappa shape index (κ2) is 36.8. The van der Waals surface area contributed by atoms with Gasteiger partial charge in [-0.05, 0) is 138 Å². The number of nitrogens with one attached hydrogen (secondary N) is 7. The third kappa shape index (κ3) is 27.7. The number of halogens is 1. The summed E-state index contributed by atoms with van der Waals surface area (Å²) in [5.74, 6) is -5.39. The largest absolute Gasteiger partial charge is 0.488 e. The third-order valence-electron chi connectivity index (χ3n) is 15.2. The summed E-state index contributed by atoms with van der Waals surface area (Å²) >= 11 is 6.43.